The van der Waals surface area contributed by atoms with Gasteiger partial charge in [0.05, 0.1) is 5.69 Å². The van der Waals surface area contributed by atoms with E-state index in [1.54, 1.807) is 21.1 Å². The Bertz CT molecular complexity index is 1020. The van der Waals surface area contributed by atoms with Crippen molar-refractivity contribution in [1.82, 2.24) is 4.57 Å². The molecule has 4 rings (SSSR count). The van der Waals surface area contributed by atoms with Gasteiger partial charge in [0.25, 0.3) is 0 Å². The lowest BCUT2D eigenvalue weighted by atomic mass is 9.91. The van der Waals surface area contributed by atoms with E-state index in [0.717, 1.165) is 16.7 Å². The minimum absolute atomic E-state index is 0.0967. The number of carbonyl (C=O) groups excluding carboxylic acids is 1. The molecule has 0 spiro atoms. The summed E-state index contributed by atoms with van der Waals surface area (Å²) in [5.41, 5.74) is 6.81. The predicted octanol–water partition coefficient (Wildman–Crippen LogP) is 6.00. The Morgan fingerprint density at radius 3 is 2.28 bits per heavy atom. The summed E-state index contributed by atoms with van der Waals surface area (Å²) in [5, 5.41) is 1.31. The molecule has 1 aliphatic carbocycles. The van der Waals surface area contributed by atoms with Crippen LogP contribution in [0.15, 0.2) is 42.5 Å². The summed E-state index contributed by atoms with van der Waals surface area (Å²) in [6.07, 6.45) is 4.67. The van der Waals surface area contributed by atoms with Gasteiger partial charge in [0.2, 0.25) is 0 Å². The first kappa shape index (κ1) is 19.9. The quantitative estimate of drug-likeness (QED) is 0.382. The molecule has 29 heavy (non-hydrogen) atoms. The summed E-state index contributed by atoms with van der Waals surface area (Å²) in [7, 11) is 5.46. The van der Waals surface area contributed by atoms with Crippen LogP contribution >= 0.6 is 0 Å². The summed E-state index contributed by atoms with van der Waals surface area (Å²) in [6, 6.07) is 14.5. The minimum atomic E-state index is -0.373. The van der Waals surface area contributed by atoms with Crippen molar-refractivity contribution in [2.45, 2.75) is 44.8 Å². The van der Waals surface area contributed by atoms with Crippen LogP contribution < -0.4 is 0 Å². The van der Waals surface area contributed by atoms with Crippen LogP contribution in [0.1, 0.15) is 66.3 Å². The Morgan fingerprint density at radius 2 is 1.69 bits per heavy atom. The number of rotatable bonds is 6. The molecule has 1 saturated carbocycles. The number of ketones is 1. The summed E-state index contributed by atoms with van der Waals surface area (Å²) >= 11 is 0. The van der Waals surface area contributed by atoms with E-state index in [1.807, 2.05) is 12.1 Å². The fourth-order valence-corrected chi connectivity index (χ4v) is 4.84. The van der Waals surface area contributed by atoms with E-state index in [0.29, 0.717) is 5.92 Å². The van der Waals surface area contributed by atoms with Crippen LogP contribution in [0, 0.1) is 0 Å². The Kier molecular flexibility index (Phi) is 5.57. The molecule has 3 aromatic rings. The lowest BCUT2D eigenvalue weighted by Gasteiger charge is -2.14. The number of hydrogen-bond donors (Lipinski definition) is 0. The third-order valence-electron chi connectivity index (χ3n) is 6.29. The summed E-state index contributed by atoms with van der Waals surface area (Å²) in [4.78, 5) is 11.7. The van der Waals surface area contributed by atoms with Gasteiger partial charge in [-0.1, -0.05) is 49.2 Å². The van der Waals surface area contributed by atoms with Crippen LogP contribution in [-0.2, 0) is 16.5 Å². The third kappa shape index (κ3) is 3.52. The van der Waals surface area contributed by atoms with Crippen molar-refractivity contribution in [2.75, 3.05) is 14.2 Å². The molecule has 4 heteroatoms. The van der Waals surface area contributed by atoms with Crippen LogP contribution in [0.5, 0.6) is 0 Å². The SMILES string of the molecule is COC(OC)c1ccc2c(C3CCCC3)c(-c3ccc(C(C)=O)cc3)n(C)c2c1. The second-order valence-corrected chi connectivity index (χ2v) is 8.02. The number of benzene rings is 2. The second kappa shape index (κ2) is 8.13. The average molecular weight is 392 g/mol. The number of nitrogens with zero attached hydrogens (tertiary/aromatic N) is 1. The highest BCUT2D eigenvalue weighted by Gasteiger charge is 2.27. The van der Waals surface area contributed by atoms with Crippen LogP contribution in [0.2, 0.25) is 0 Å². The van der Waals surface area contributed by atoms with Crippen molar-refractivity contribution < 1.29 is 14.3 Å². The number of aryl methyl sites for hydroxylation is 1. The average Bonchev–Trinajstić information content (AvgIpc) is 3.35. The van der Waals surface area contributed by atoms with Crippen molar-refractivity contribution in [3.05, 3.63) is 59.2 Å². The number of hydrogen-bond acceptors (Lipinski definition) is 3. The predicted molar refractivity (Wildman–Crippen MR) is 116 cm³/mol. The molecule has 1 aromatic heterocycles. The Balaban J connectivity index is 1.92. The smallest absolute Gasteiger partial charge is 0.183 e. The number of carbonyl (C=O) groups is 1. The van der Waals surface area contributed by atoms with E-state index in [9.17, 15) is 4.79 Å². The molecule has 0 radical (unpaired) electrons. The molecule has 1 fully saturated rings. The monoisotopic (exact) mass is 391 g/mol. The molecule has 4 nitrogen and oxygen atoms in total. The normalized spacial score (nSPS) is 14.9. The molecule has 2 aromatic carbocycles. The lowest BCUT2D eigenvalue weighted by molar-refractivity contribution is -0.105. The van der Waals surface area contributed by atoms with Crippen molar-refractivity contribution in [2.24, 2.45) is 7.05 Å². The van der Waals surface area contributed by atoms with Crippen molar-refractivity contribution in [1.29, 1.82) is 0 Å². The number of Topliss-reactive ketones (excluding diaryl/α,β-unsaturated/α-hetero) is 1. The van der Waals surface area contributed by atoms with Crippen LogP contribution in [0.25, 0.3) is 22.2 Å². The summed E-state index contributed by atoms with van der Waals surface area (Å²) in [6.45, 7) is 1.61. The highest BCUT2D eigenvalue weighted by Crippen LogP contribution is 2.45. The number of methoxy groups -OCH3 is 2. The van der Waals surface area contributed by atoms with Crippen LogP contribution in [0.4, 0.5) is 0 Å². The maximum atomic E-state index is 11.7. The molecule has 1 heterocycles. The van der Waals surface area contributed by atoms with Gasteiger partial charge in [-0.15, -0.1) is 0 Å². The van der Waals surface area contributed by atoms with Gasteiger partial charge in [-0.05, 0) is 42.9 Å². The number of aromatic nitrogens is 1. The minimum Gasteiger partial charge on any atom is -0.352 e. The Morgan fingerprint density at radius 1 is 1.03 bits per heavy atom. The van der Waals surface area contributed by atoms with Crippen molar-refractivity contribution in [3.8, 4) is 11.3 Å². The van der Waals surface area contributed by atoms with E-state index in [2.05, 4.69) is 41.9 Å². The van der Waals surface area contributed by atoms with Crippen molar-refractivity contribution in [3.63, 3.8) is 0 Å². The molecule has 0 atom stereocenters. The molecule has 0 aliphatic heterocycles. The van der Waals surface area contributed by atoms with Gasteiger partial charge in [0.15, 0.2) is 12.1 Å². The zero-order valence-electron chi connectivity index (χ0n) is 17.7. The first-order valence-electron chi connectivity index (χ1n) is 10.3. The largest absolute Gasteiger partial charge is 0.352 e. The van der Waals surface area contributed by atoms with E-state index >= 15 is 0 Å². The third-order valence-corrected chi connectivity index (χ3v) is 6.29. The molecule has 0 amide bonds. The molecule has 1 aliphatic rings. The number of fused-ring (bicyclic) bond motifs is 1. The number of ether oxygens (including phenoxy) is 2. The van der Waals surface area contributed by atoms with Gasteiger partial charge in [-0.25, -0.2) is 0 Å². The second-order valence-electron chi connectivity index (χ2n) is 8.02. The maximum Gasteiger partial charge on any atom is 0.183 e. The molecule has 0 N–H and O–H groups in total. The lowest BCUT2D eigenvalue weighted by Crippen LogP contribution is -2.03. The summed E-state index contributed by atoms with van der Waals surface area (Å²) in [5.74, 6) is 0.673. The highest BCUT2D eigenvalue weighted by molar-refractivity contribution is 5.96. The maximum absolute atomic E-state index is 11.7. The van der Waals surface area contributed by atoms with Crippen molar-refractivity contribution >= 4 is 16.7 Å². The standard InChI is InChI=1S/C25H29NO3/c1-16(27)17-9-11-19(12-10-17)24-23(18-7-5-6-8-18)21-14-13-20(25(28-3)29-4)15-22(21)26(24)2/h9-15,18,25H,5-8H2,1-4H3. The van der Waals surface area contributed by atoms with Crippen LogP contribution in [0.3, 0.4) is 0 Å². The fraction of sp³-hybridized carbons (Fsp3) is 0.400. The zero-order chi connectivity index (χ0) is 20.5. The van der Waals surface area contributed by atoms with Crippen LogP contribution in [-0.4, -0.2) is 24.6 Å². The fourth-order valence-electron chi connectivity index (χ4n) is 4.84. The first-order chi connectivity index (χ1) is 14.0. The van der Waals surface area contributed by atoms with Gasteiger partial charge < -0.3 is 14.0 Å². The van der Waals surface area contributed by atoms with Gasteiger partial charge in [-0.2, -0.15) is 0 Å². The van der Waals surface area contributed by atoms with E-state index < -0.39 is 0 Å². The zero-order valence-corrected chi connectivity index (χ0v) is 17.7. The van der Waals surface area contributed by atoms with Gasteiger partial charge in [0, 0.05) is 43.3 Å². The van der Waals surface area contributed by atoms with Gasteiger partial charge >= 0.3 is 0 Å². The molecular formula is C25H29NO3. The van der Waals surface area contributed by atoms with E-state index in [-0.39, 0.29) is 12.1 Å². The van der Waals surface area contributed by atoms with Gasteiger partial charge in [-0.3, -0.25) is 4.79 Å². The first-order valence-corrected chi connectivity index (χ1v) is 10.3. The molecule has 0 unspecified atom stereocenters. The molecule has 0 bridgehead atoms. The van der Waals surface area contributed by atoms with E-state index in [4.69, 9.17) is 9.47 Å². The molecule has 152 valence electrons. The molecule has 0 saturated heterocycles. The topological polar surface area (TPSA) is 40.5 Å². The Labute approximate surface area is 172 Å². The Hall–Kier alpha value is -2.43. The highest BCUT2D eigenvalue weighted by atomic mass is 16.7. The van der Waals surface area contributed by atoms with Gasteiger partial charge in [0.1, 0.15) is 0 Å². The molecular weight excluding hydrogens is 362 g/mol. The van der Waals surface area contributed by atoms with E-state index in [1.165, 1.54) is 47.8 Å². The summed E-state index contributed by atoms with van der Waals surface area (Å²) < 4.78 is 13.2.